The van der Waals surface area contributed by atoms with Gasteiger partial charge < -0.3 is 10.5 Å². The van der Waals surface area contributed by atoms with Gasteiger partial charge in [0.05, 0.1) is 16.3 Å². The van der Waals surface area contributed by atoms with Crippen LogP contribution in [0.5, 0.6) is 5.75 Å². The first kappa shape index (κ1) is 15.4. The van der Waals surface area contributed by atoms with Crippen LogP contribution in [0.25, 0.3) is 0 Å². The van der Waals surface area contributed by atoms with Gasteiger partial charge in [-0.2, -0.15) is 13.2 Å². The normalized spacial score (nSPS) is 11.5. The van der Waals surface area contributed by atoms with Gasteiger partial charge in [0.2, 0.25) is 0 Å². The van der Waals surface area contributed by atoms with Crippen LogP contribution in [0.4, 0.5) is 23.2 Å². The summed E-state index contributed by atoms with van der Waals surface area (Å²) < 4.78 is 55.7. The maximum Gasteiger partial charge on any atom is 0.416 e. The van der Waals surface area contributed by atoms with E-state index in [4.69, 9.17) is 22.1 Å². The highest BCUT2D eigenvalue weighted by Gasteiger charge is 2.30. The minimum atomic E-state index is -4.47. The highest BCUT2D eigenvalue weighted by Crippen LogP contribution is 2.34. The van der Waals surface area contributed by atoms with Gasteiger partial charge in [0.15, 0.2) is 0 Å². The summed E-state index contributed by atoms with van der Waals surface area (Å²) in [6.45, 7) is -0.0331. The molecular formula is C14H10ClF4NO. The second-order valence-electron chi connectivity index (χ2n) is 4.27. The van der Waals surface area contributed by atoms with Crippen molar-refractivity contribution in [1.82, 2.24) is 0 Å². The van der Waals surface area contributed by atoms with Gasteiger partial charge in [0.1, 0.15) is 18.2 Å². The Morgan fingerprint density at radius 2 is 1.81 bits per heavy atom. The Bertz CT molecular complexity index is 658. The molecule has 7 heteroatoms. The third kappa shape index (κ3) is 3.78. The number of ether oxygens (including phenoxy) is 1. The summed E-state index contributed by atoms with van der Waals surface area (Å²) in [5.74, 6) is -0.388. The van der Waals surface area contributed by atoms with Gasteiger partial charge >= 0.3 is 6.18 Å². The van der Waals surface area contributed by atoms with E-state index in [9.17, 15) is 17.6 Å². The predicted octanol–water partition coefficient (Wildman–Crippen LogP) is 4.66. The van der Waals surface area contributed by atoms with E-state index in [0.29, 0.717) is 5.56 Å². The second kappa shape index (κ2) is 5.81. The molecule has 0 bridgehead atoms. The van der Waals surface area contributed by atoms with Crippen LogP contribution in [-0.4, -0.2) is 0 Å². The van der Waals surface area contributed by atoms with Crippen LogP contribution in [-0.2, 0) is 12.8 Å². The Morgan fingerprint density at radius 1 is 1.10 bits per heavy atom. The smallest absolute Gasteiger partial charge is 0.416 e. The molecule has 0 aromatic heterocycles. The minimum Gasteiger partial charge on any atom is -0.487 e. The van der Waals surface area contributed by atoms with Crippen molar-refractivity contribution in [3.05, 3.63) is 58.4 Å². The number of anilines is 1. The predicted molar refractivity (Wildman–Crippen MR) is 71.6 cm³/mol. The minimum absolute atomic E-state index is 0.0331. The maximum absolute atomic E-state index is 12.9. The number of hydrogen-bond donors (Lipinski definition) is 1. The molecule has 0 spiro atoms. The van der Waals surface area contributed by atoms with Gasteiger partial charge in [-0.3, -0.25) is 0 Å². The number of rotatable bonds is 3. The van der Waals surface area contributed by atoms with E-state index in [2.05, 4.69) is 0 Å². The van der Waals surface area contributed by atoms with Crippen molar-refractivity contribution in [3.8, 4) is 5.75 Å². The van der Waals surface area contributed by atoms with E-state index in [-0.39, 0.29) is 23.1 Å². The second-order valence-corrected chi connectivity index (χ2v) is 4.68. The standard InChI is InChI=1S/C14H10ClF4NO/c15-11-6-10(16)3-1-8(11)7-21-13-4-2-9(5-12(13)20)14(17,18)19/h1-6H,7,20H2. The molecule has 0 unspecified atom stereocenters. The fraction of sp³-hybridized carbons (Fsp3) is 0.143. The Labute approximate surface area is 123 Å². The van der Waals surface area contributed by atoms with Crippen molar-refractivity contribution in [3.63, 3.8) is 0 Å². The Hall–Kier alpha value is -1.95. The first-order valence-corrected chi connectivity index (χ1v) is 6.18. The third-order valence-electron chi connectivity index (χ3n) is 2.74. The summed E-state index contributed by atoms with van der Waals surface area (Å²) in [5, 5.41) is 0.167. The van der Waals surface area contributed by atoms with Crippen LogP contribution in [0.1, 0.15) is 11.1 Å². The van der Waals surface area contributed by atoms with Crippen molar-refractivity contribution < 1.29 is 22.3 Å². The maximum atomic E-state index is 12.9. The average molecular weight is 320 g/mol. The monoisotopic (exact) mass is 319 g/mol. The highest BCUT2D eigenvalue weighted by atomic mass is 35.5. The SMILES string of the molecule is Nc1cc(C(F)(F)F)ccc1OCc1ccc(F)cc1Cl. The fourth-order valence-electron chi connectivity index (χ4n) is 1.65. The van der Waals surface area contributed by atoms with E-state index in [1.54, 1.807) is 0 Å². The van der Waals surface area contributed by atoms with Crippen molar-refractivity contribution in [2.75, 3.05) is 5.73 Å². The lowest BCUT2D eigenvalue weighted by atomic mass is 10.2. The number of alkyl halides is 3. The lowest BCUT2D eigenvalue weighted by Gasteiger charge is -2.12. The van der Waals surface area contributed by atoms with Gasteiger partial charge in [-0.25, -0.2) is 4.39 Å². The first-order valence-electron chi connectivity index (χ1n) is 5.81. The third-order valence-corrected chi connectivity index (χ3v) is 3.09. The van der Waals surface area contributed by atoms with Crippen molar-refractivity contribution in [2.45, 2.75) is 12.8 Å². The molecule has 0 atom stereocenters. The van der Waals surface area contributed by atoms with E-state index in [1.165, 1.54) is 12.1 Å². The molecule has 2 rings (SSSR count). The van der Waals surface area contributed by atoms with Gasteiger partial charge in [-0.1, -0.05) is 17.7 Å². The molecule has 21 heavy (non-hydrogen) atoms. The molecule has 0 fully saturated rings. The molecule has 0 saturated carbocycles. The Morgan fingerprint density at radius 3 is 2.38 bits per heavy atom. The molecule has 2 aromatic carbocycles. The Kier molecular flexibility index (Phi) is 4.27. The molecule has 0 aliphatic rings. The van der Waals surface area contributed by atoms with Crippen molar-refractivity contribution >= 4 is 17.3 Å². The van der Waals surface area contributed by atoms with Crippen LogP contribution in [0, 0.1) is 5.82 Å². The summed E-state index contributed by atoms with van der Waals surface area (Å²) >= 11 is 5.82. The Balaban J connectivity index is 2.13. The number of nitrogens with two attached hydrogens (primary N) is 1. The molecule has 0 aliphatic carbocycles. The topological polar surface area (TPSA) is 35.2 Å². The molecule has 0 aliphatic heterocycles. The lowest BCUT2D eigenvalue weighted by Crippen LogP contribution is -2.07. The van der Waals surface area contributed by atoms with Crippen LogP contribution >= 0.6 is 11.6 Å². The van der Waals surface area contributed by atoms with Crippen molar-refractivity contribution in [2.24, 2.45) is 0 Å². The quantitative estimate of drug-likeness (QED) is 0.659. The van der Waals surface area contributed by atoms with Crippen molar-refractivity contribution in [1.29, 1.82) is 0 Å². The summed E-state index contributed by atoms with van der Waals surface area (Å²) in [4.78, 5) is 0. The van der Waals surface area contributed by atoms with Gasteiger partial charge in [0.25, 0.3) is 0 Å². The van der Waals surface area contributed by atoms with E-state index in [0.717, 1.165) is 24.3 Å². The molecule has 2 nitrogen and oxygen atoms in total. The number of benzene rings is 2. The molecule has 0 amide bonds. The largest absolute Gasteiger partial charge is 0.487 e. The molecular weight excluding hydrogens is 310 g/mol. The first-order chi connectivity index (χ1) is 9.77. The number of nitrogen functional groups attached to an aromatic ring is 1. The average Bonchev–Trinajstić information content (AvgIpc) is 2.38. The summed E-state index contributed by atoms with van der Waals surface area (Å²) in [5.41, 5.74) is 5.03. The highest BCUT2D eigenvalue weighted by molar-refractivity contribution is 6.31. The fourth-order valence-corrected chi connectivity index (χ4v) is 1.87. The van der Waals surface area contributed by atoms with E-state index in [1.807, 2.05) is 0 Å². The molecule has 0 heterocycles. The van der Waals surface area contributed by atoms with Gasteiger partial charge in [0, 0.05) is 5.56 Å². The molecule has 112 valence electrons. The summed E-state index contributed by atoms with van der Waals surface area (Å²) in [7, 11) is 0. The van der Waals surface area contributed by atoms with Crippen LogP contribution in [0.15, 0.2) is 36.4 Å². The van der Waals surface area contributed by atoms with Crippen LogP contribution < -0.4 is 10.5 Å². The van der Waals surface area contributed by atoms with Gasteiger partial charge in [-0.15, -0.1) is 0 Å². The van der Waals surface area contributed by atoms with E-state index >= 15 is 0 Å². The molecule has 0 radical (unpaired) electrons. The van der Waals surface area contributed by atoms with Gasteiger partial charge in [-0.05, 0) is 30.3 Å². The van der Waals surface area contributed by atoms with E-state index < -0.39 is 17.6 Å². The number of hydrogen-bond acceptors (Lipinski definition) is 2. The zero-order chi connectivity index (χ0) is 15.6. The summed E-state index contributed by atoms with van der Waals surface area (Å²) in [6.07, 6.45) is -4.47. The number of halogens is 5. The molecule has 2 aromatic rings. The lowest BCUT2D eigenvalue weighted by molar-refractivity contribution is -0.137. The van der Waals surface area contributed by atoms with Crippen LogP contribution in [0.3, 0.4) is 0 Å². The zero-order valence-electron chi connectivity index (χ0n) is 10.5. The summed E-state index contributed by atoms with van der Waals surface area (Å²) in [6, 6.07) is 6.56. The zero-order valence-corrected chi connectivity index (χ0v) is 11.3. The molecule has 2 N–H and O–H groups in total. The van der Waals surface area contributed by atoms with Crippen LogP contribution in [0.2, 0.25) is 5.02 Å². The molecule has 0 saturated heterocycles.